The highest BCUT2D eigenvalue weighted by molar-refractivity contribution is 7.99. The van der Waals surface area contributed by atoms with Gasteiger partial charge in [-0.15, -0.1) is 10.2 Å². The minimum atomic E-state index is -0.311. The summed E-state index contributed by atoms with van der Waals surface area (Å²) in [6.07, 6.45) is 0. The number of nitrogens with zero attached hydrogens (tertiary/aromatic N) is 4. The van der Waals surface area contributed by atoms with E-state index in [9.17, 15) is 9.18 Å². The number of H-pyrrole nitrogens is 1. The van der Waals surface area contributed by atoms with Crippen molar-refractivity contribution in [2.75, 3.05) is 0 Å². The third kappa shape index (κ3) is 3.80. The normalized spacial score (nSPS) is 12.2. The number of hydrogen-bond acceptors (Lipinski definition) is 5. The predicted octanol–water partition coefficient (Wildman–Crippen LogP) is 5.16. The van der Waals surface area contributed by atoms with E-state index in [1.165, 1.54) is 23.9 Å². The van der Waals surface area contributed by atoms with Gasteiger partial charge >= 0.3 is 0 Å². The Morgan fingerprint density at radius 1 is 0.938 bits per heavy atom. The summed E-state index contributed by atoms with van der Waals surface area (Å²) in [6, 6.07) is 23.1. The van der Waals surface area contributed by atoms with E-state index < -0.39 is 0 Å². The molecule has 6 nitrogen and oxygen atoms in total. The highest BCUT2D eigenvalue weighted by atomic mass is 32.2. The second-order valence-corrected chi connectivity index (χ2v) is 8.52. The van der Waals surface area contributed by atoms with Crippen molar-refractivity contribution >= 4 is 22.7 Å². The van der Waals surface area contributed by atoms with Crippen LogP contribution in [-0.2, 0) is 0 Å². The minimum absolute atomic E-state index is 0.172. The maximum absolute atomic E-state index is 13.5. The highest BCUT2D eigenvalue weighted by Gasteiger charge is 2.20. The Kier molecular flexibility index (Phi) is 5.28. The first-order chi connectivity index (χ1) is 15.6. The Bertz CT molecular complexity index is 1450. The fraction of sp³-hybridized carbons (Fsp3) is 0.0833. The van der Waals surface area contributed by atoms with Crippen LogP contribution in [0.3, 0.4) is 0 Å². The molecule has 2 aromatic heterocycles. The van der Waals surface area contributed by atoms with Crippen LogP contribution < -0.4 is 5.56 Å². The molecule has 5 aromatic rings. The molecule has 3 aromatic carbocycles. The first-order valence-corrected chi connectivity index (χ1v) is 10.9. The van der Waals surface area contributed by atoms with Crippen LogP contribution in [0.15, 0.2) is 88.8 Å². The van der Waals surface area contributed by atoms with E-state index in [0.29, 0.717) is 27.7 Å². The second-order valence-electron chi connectivity index (χ2n) is 7.21. The number of halogens is 1. The molecular weight excluding hydrogens is 425 g/mol. The SMILES string of the molecule is CC(Sc1nnc(-c2ccc(F)cc2)n1-c1ccccc1)c1nc2ccccc2c(=O)[nH]1. The fourth-order valence-electron chi connectivity index (χ4n) is 3.45. The van der Waals surface area contributed by atoms with E-state index in [1.807, 2.05) is 60.0 Å². The molecule has 1 unspecified atom stereocenters. The van der Waals surface area contributed by atoms with E-state index in [1.54, 1.807) is 18.2 Å². The van der Waals surface area contributed by atoms with Gasteiger partial charge in [-0.25, -0.2) is 9.37 Å². The molecule has 5 rings (SSSR count). The van der Waals surface area contributed by atoms with Crippen molar-refractivity contribution in [2.45, 2.75) is 17.3 Å². The zero-order valence-corrected chi connectivity index (χ0v) is 17.9. The number of thioether (sulfide) groups is 1. The summed E-state index contributed by atoms with van der Waals surface area (Å²) in [5, 5.41) is 9.79. The number of hydrogen-bond donors (Lipinski definition) is 1. The van der Waals surface area contributed by atoms with Gasteiger partial charge in [0, 0.05) is 11.3 Å². The number of nitrogens with one attached hydrogen (secondary N) is 1. The Balaban J connectivity index is 1.56. The summed E-state index contributed by atoms with van der Waals surface area (Å²) in [6.45, 7) is 1.96. The van der Waals surface area contributed by atoms with E-state index in [4.69, 9.17) is 0 Å². The van der Waals surface area contributed by atoms with Gasteiger partial charge in [-0.3, -0.25) is 9.36 Å². The van der Waals surface area contributed by atoms with Gasteiger partial charge in [0.05, 0.1) is 16.2 Å². The third-order valence-corrected chi connectivity index (χ3v) is 6.10. The maximum Gasteiger partial charge on any atom is 0.258 e. The quantitative estimate of drug-likeness (QED) is 0.380. The molecule has 0 saturated heterocycles. The molecule has 0 spiro atoms. The Labute approximate surface area is 187 Å². The Morgan fingerprint density at radius 2 is 1.66 bits per heavy atom. The fourth-order valence-corrected chi connectivity index (χ4v) is 4.38. The topological polar surface area (TPSA) is 76.5 Å². The van der Waals surface area contributed by atoms with E-state index >= 15 is 0 Å². The standard InChI is InChI=1S/C24H18FN5OS/c1-15(21-26-20-10-6-5-9-19(20)23(31)27-21)32-24-29-28-22(16-11-13-17(25)14-12-16)30(24)18-7-3-2-4-8-18/h2-15H,1H3,(H,26,27,31). The van der Waals surface area contributed by atoms with Crippen LogP contribution in [0.25, 0.3) is 28.0 Å². The summed E-state index contributed by atoms with van der Waals surface area (Å²) in [5.74, 6) is 0.851. The molecule has 32 heavy (non-hydrogen) atoms. The van der Waals surface area contributed by atoms with Crippen LogP contribution in [0.1, 0.15) is 18.0 Å². The molecule has 0 amide bonds. The van der Waals surface area contributed by atoms with Gasteiger partial charge in [-0.1, -0.05) is 42.1 Å². The maximum atomic E-state index is 13.5. The Morgan fingerprint density at radius 3 is 2.44 bits per heavy atom. The second kappa shape index (κ2) is 8.39. The largest absolute Gasteiger partial charge is 0.309 e. The van der Waals surface area contributed by atoms with Gasteiger partial charge < -0.3 is 4.98 Å². The van der Waals surface area contributed by atoms with Crippen molar-refractivity contribution in [1.29, 1.82) is 0 Å². The lowest BCUT2D eigenvalue weighted by atomic mass is 10.2. The summed E-state index contributed by atoms with van der Waals surface area (Å²) in [5.41, 5.74) is 2.11. The van der Waals surface area contributed by atoms with Gasteiger partial charge in [-0.05, 0) is 55.5 Å². The number of fused-ring (bicyclic) bond motifs is 1. The predicted molar refractivity (Wildman–Crippen MR) is 123 cm³/mol. The first-order valence-electron chi connectivity index (χ1n) is 10.0. The van der Waals surface area contributed by atoms with Crippen LogP contribution in [0, 0.1) is 5.82 Å². The van der Waals surface area contributed by atoms with Crippen molar-refractivity contribution in [3.05, 3.63) is 101 Å². The molecule has 0 fully saturated rings. The zero-order valence-electron chi connectivity index (χ0n) is 17.1. The van der Waals surface area contributed by atoms with E-state index in [-0.39, 0.29) is 16.6 Å². The molecule has 0 radical (unpaired) electrons. The van der Waals surface area contributed by atoms with Crippen molar-refractivity contribution in [2.24, 2.45) is 0 Å². The summed E-state index contributed by atoms with van der Waals surface area (Å²) in [4.78, 5) is 20.0. The number of para-hydroxylation sites is 2. The van der Waals surface area contributed by atoms with Gasteiger partial charge in [0.2, 0.25) is 0 Å². The number of aromatic amines is 1. The number of aromatic nitrogens is 5. The average molecular weight is 444 g/mol. The number of rotatable bonds is 5. The summed E-state index contributed by atoms with van der Waals surface area (Å²) < 4.78 is 15.4. The molecule has 0 aliphatic carbocycles. The molecule has 8 heteroatoms. The van der Waals surface area contributed by atoms with E-state index in [2.05, 4.69) is 20.2 Å². The lowest BCUT2D eigenvalue weighted by molar-refractivity contribution is 0.628. The van der Waals surface area contributed by atoms with Crippen molar-refractivity contribution in [1.82, 2.24) is 24.7 Å². The average Bonchev–Trinajstić information content (AvgIpc) is 3.23. The molecular formula is C24H18FN5OS. The lowest BCUT2D eigenvalue weighted by Gasteiger charge is -2.14. The molecule has 0 aliphatic rings. The smallest absolute Gasteiger partial charge is 0.258 e. The Hall–Kier alpha value is -3.78. The van der Waals surface area contributed by atoms with E-state index in [0.717, 1.165) is 11.3 Å². The molecule has 0 aliphatic heterocycles. The molecule has 0 bridgehead atoms. The minimum Gasteiger partial charge on any atom is -0.309 e. The summed E-state index contributed by atoms with van der Waals surface area (Å²) >= 11 is 1.44. The number of benzene rings is 3. The third-order valence-electron chi connectivity index (χ3n) is 5.05. The first kappa shape index (κ1) is 20.1. The van der Waals surface area contributed by atoms with Gasteiger partial charge in [0.15, 0.2) is 11.0 Å². The van der Waals surface area contributed by atoms with Crippen molar-refractivity contribution in [3.63, 3.8) is 0 Å². The zero-order chi connectivity index (χ0) is 22.1. The monoisotopic (exact) mass is 443 g/mol. The van der Waals surface area contributed by atoms with Crippen molar-refractivity contribution < 1.29 is 4.39 Å². The van der Waals surface area contributed by atoms with Crippen LogP contribution in [0.5, 0.6) is 0 Å². The highest BCUT2D eigenvalue weighted by Crippen LogP contribution is 2.35. The molecule has 158 valence electrons. The lowest BCUT2D eigenvalue weighted by Crippen LogP contribution is -2.13. The molecule has 2 heterocycles. The molecule has 0 saturated carbocycles. The van der Waals surface area contributed by atoms with Crippen LogP contribution in [-0.4, -0.2) is 24.7 Å². The molecule has 1 N–H and O–H groups in total. The summed E-state index contributed by atoms with van der Waals surface area (Å²) in [7, 11) is 0. The van der Waals surface area contributed by atoms with Gasteiger partial charge in [0.1, 0.15) is 11.6 Å². The van der Waals surface area contributed by atoms with Crippen LogP contribution >= 0.6 is 11.8 Å². The van der Waals surface area contributed by atoms with Gasteiger partial charge in [0.25, 0.3) is 5.56 Å². The van der Waals surface area contributed by atoms with Crippen LogP contribution in [0.2, 0.25) is 0 Å². The van der Waals surface area contributed by atoms with Crippen molar-refractivity contribution in [3.8, 4) is 17.1 Å². The van der Waals surface area contributed by atoms with Crippen LogP contribution in [0.4, 0.5) is 4.39 Å². The molecule has 1 atom stereocenters. The van der Waals surface area contributed by atoms with Gasteiger partial charge in [-0.2, -0.15) is 0 Å².